The van der Waals surface area contributed by atoms with Crippen LogP contribution in [0.15, 0.2) is 0 Å². The molecule has 0 spiro atoms. The Morgan fingerprint density at radius 1 is 1.38 bits per heavy atom. The summed E-state index contributed by atoms with van der Waals surface area (Å²) in [6.45, 7) is 11.7. The minimum absolute atomic E-state index is 0.0464. The number of carbonyl (C=O) groups excluding carboxylic acids is 1. The van der Waals surface area contributed by atoms with Gasteiger partial charge in [-0.15, -0.1) is 0 Å². The lowest BCUT2D eigenvalue weighted by Gasteiger charge is -2.33. The Morgan fingerprint density at radius 3 is 2.50 bits per heavy atom. The Morgan fingerprint density at radius 2 is 2.06 bits per heavy atom. The maximum Gasteiger partial charge on any atom is 0.241 e. The molecule has 4 nitrogen and oxygen atoms in total. The summed E-state index contributed by atoms with van der Waals surface area (Å²) in [7, 11) is 0. The van der Waals surface area contributed by atoms with E-state index in [0.717, 1.165) is 26.2 Å². The molecule has 16 heavy (non-hydrogen) atoms. The van der Waals surface area contributed by atoms with Gasteiger partial charge in [-0.3, -0.25) is 4.79 Å². The van der Waals surface area contributed by atoms with Gasteiger partial charge < -0.3 is 15.5 Å². The first-order valence-corrected chi connectivity index (χ1v) is 6.30. The first-order chi connectivity index (χ1) is 7.54. The van der Waals surface area contributed by atoms with Crippen molar-refractivity contribution >= 4 is 5.91 Å². The van der Waals surface area contributed by atoms with E-state index >= 15 is 0 Å². The molecule has 0 saturated carbocycles. The second-order valence-electron chi connectivity index (χ2n) is 5.04. The van der Waals surface area contributed by atoms with Crippen molar-refractivity contribution in [2.45, 2.75) is 39.8 Å². The average molecular weight is 227 g/mol. The van der Waals surface area contributed by atoms with Crippen LogP contribution in [0.1, 0.15) is 27.7 Å². The number of nitrogens with one attached hydrogen (secondary N) is 2. The number of likely N-dealkylation sites (N-methyl/N-ethyl adjacent to an activating group) is 1. The zero-order valence-electron chi connectivity index (χ0n) is 10.9. The van der Waals surface area contributed by atoms with Crippen molar-refractivity contribution in [1.82, 2.24) is 15.5 Å². The topological polar surface area (TPSA) is 44.4 Å². The molecule has 1 amide bonds. The van der Waals surface area contributed by atoms with Crippen molar-refractivity contribution in [2.75, 3.05) is 26.2 Å². The highest BCUT2D eigenvalue weighted by molar-refractivity contribution is 5.82. The predicted octanol–water partition coefficient (Wildman–Crippen LogP) is 0.441. The lowest BCUT2D eigenvalue weighted by molar-refractivity contribution is -0.134. The van der Waals surface area contributed by atoms with Gasteiger partial charge in [0.25, 0.3) is 0 Å². The maximum absolute atomic E-state index is 12.2. The first kappa shape index (κ1) is 13.5. The number of hydrogen-bond acceptors (Lipinski definition) is 3. The highest BCUT2D eigenvalue weighted by atomic mass is 16.2. The molecule has 2 unspecified atom stereocenters. The van der Waals surface area contributed by atoms with Gasteiger partial charge in [0, 0.05) is 32.2 Å². The molecule has 94 valence electrons. The van der Waals surface area contributed by atoms with E-state index in [0.29, 0.717) is 12.0 Å². The van der Waals surface area contributed by atoms with Gasteiger partial charge in [-0.25, -0.2) is 0 Å². The Bertz CT molecular complexity index is 222. The fourth-order valence-corrected chi connectivity index (χ4v) is 1.99. The molecule has 0 aromatic carbocycles. The van der Waals surface area contributed by atoms with Gasteiger partial charge in [0.15, 0.2) is 0 Å². The molecule has 2 N–H and O–H groups in total. The molecule has 1 aliphatic rings. The molecule has 1 rings (SSSR count). The Labute approximate surface area is 98.8 Å². The number of hydrogen-bond donors (Lipinski definition) is 2. The molecule has 2 atom stereocenters. The number of rotatable bonds is 4. The Balaban J connectivity index is 2.48. The smallest absolute Gasteiger partial charge is 0.241 e. The van der Waals surface area contributed by atoms with Crippen LogP contribution in [0, 0.1) is 5.92 Å². The summed E-state index contributed by atoms with van der Waals surface area (Å²) in [6, 6.07) is 0.416. The SMILES string of the molecule is CCN(CC(C)C)C(=O)C1CNC(C)CN1. The summed E-state index contributed by atoms with van der Waals surface area (Å²) in [4.78, 5) is 14.1. The summed E-state index contributed by atoms with van der Waals surface area (Å²) >= 11 is 0. The number of amides is 1. The van der Waals surface area contributed by atoms with E-state index in [2.05, 4.69) is 31.4 Å². The third kappa shape index (κ3) is 3.76. The van der Waals surface area contributed by atoms with Gasteiger partial charge in [0.2, 0.25) is 5.91 Å². The third-order valence-electron chi connectivity index (χ3n) is 2.92. The first-order valence-electron chi connectivity index (χ1n) is 6.30. The van der Waals surface area contributed by atoms with Crippen molar-refractivity contribution in [2.24, 2.45) is 5.92 Å². The minimum atomic E-state index is -0.0464. The van der Waals surface area contributed by atoms with Crippen molar-refractivity contribution in [3.63, 3.8) is 0 Å². The van der Waals surface area contributed by atoms with E-state index in [-0.39, 0.29) is 11.9 Å². The van der Waals surface area contributed by atoms with Crippen LogP contribution in [-0.2, 0) is 4.79 Å². The summed E-state index contributed by atoms with van der Waals surface area (Å²) in [5.41, 5.74) is 0. The van der Waals surface area contributed by atoms with Crippen LogP contribution >= 0.6 is 0 Å². The lowest BCUT2D eigenvalue weighted by Crippen LogP contribution is -2.59. The molecule has 0 aromatic heterocycles. The number of carbonyl (C=O) groups is 1. The fraction of sp³-hybridized carbons (Fsp3) is 0.917. The molecule has 1 saturated heterocycles. The molecule has 4 heteroatoms. The number of piperazine rings is 1. The van der Waals surface area contributed by atoms with E-state index in [1.807, 2.05) is 11.8 Å². The monoisotopic (exact) mass is 227 g/mol. The predicted molar refractivity (Wildman–Crippen MR) is 66.3 cm³/mol. The lowest BCUT2D eigenvalue weighted by atomic mass is 10.1. The van der Waals surface area contributed by atoms with Crippen LogP contribution in [0.25, 0.3) is 0 Å². The summed E-state index contributed by atoms with van der Waals surface area (Å²) in [6.07, 6.45) is 0. The van der Waals surface area contributed by atoms with Crippen molar-refractivity contribution in [1.29, 1.82) is 0 Å². The van der Waals surface area contributed by atoms with Crippen molar-refractivity contribution < 1.29 is 4.79 Å². The number of nitrogens with zero attached hydrogens (tertiary/aromatic N) is 1. The highest BCUT2D eigenvalue weighted by Gasteiger charge is 2.26. The molecule has 0 aromatic rings. The Kier molecular flexibility index (Phi) is 5.22. The summed E-state index contributed by atoms with van der Waals surface area (Å²) < 4.78 is 0. The van der Waals surface area contributed by atoms with Crippen molar-refractivity contribution in [3.8, 4) is 0 Å². The molecule has 1 heterocycles. The molecular weight excluding hydrogens is 202 g/mol. The van der Waals surface area contributed by atoms with Crippen LogP contribution in [0.4, 0.5) is 0 Å². The molecule has 0 aliphatic carbocycles. The van der Waals surface area contributed by atoms with Crippen LogP contribution < -0.4 is 10.6 Å². The third-order valence-corrected chi connectivity index (χ3v) is 2.92. The summed E-state index contributed by atoms with van der Waals surface area (Å²) in [5, 5.41) is 6.64. The van der Waals surface area contributed by atoms with E-state index in [4.69, 9.17) is 0 Å². The second kappa shape index (κ2) is 6.21. The van der Waals surface area contributed by atoms with Crippen molar-refractivity contribution in [3.05, 3.63) is 0 Å². The van der Waals surface area contributed by atoms with Gasteiger partial charge in [0.05, 0.1) is 6.04 Å². The quantitative estimate of drug-likeness (QED) is 0.732. The second-order valence-corrected chi connectivity index (χ2v) is 5.04. The van der Waals surface area contributed by atoms with E-state index in [9.17, 15) is 4.79 Å². The van der Waals surface area contributed by atoms with Crippen LogP contribution in [-0.4, -0.2) is 49.1 Å². The van der Waals surface area contributed by atoms with E-state index in [1.54, 1.807) is 0 Å². The summed E-state index contributed by atoms with van der Waals surface area (Å²) in [5.74, 6) is 0.759. The Hall–Kier alpha value is -0.610. The maximum atomic E-state index is 12.2. The van der Waals surface area contributed by atoms with Crippen LogP contribution in [0.5, 0.6) is 0 Å². The fourth-order valence-electron chi connectivity index (χ4n) is 1.99. The zero-order valence-corrected chi connectivity index (χ0v) is 10.9. The standard InChI is InChI=1S/C12H25N3O/c1-5-15(8-9(2)3)12(16)11-7-13-10(4)6-14-11/h9-11,13-14H,5-8H2,1-4H3. The average Bonchev–Trinajstić information content (AvgIpc) is 2.25. The highest BCUT2D eigenvalue weighted by Crippen LogP contribution is 2.03. The van der Waals surface area contributed by atoms with E-state index in [1.165, 1.54) is 0 Å². The van der Waals surface area contributed by atoms with Gasteiger partial charge >= 0.3 is 0 Å². The van der Waals surface area contributed by atoms with Gasteiger partial charge in [-0.05, 0) is 19.8 Å². The zero-order chi connectivity index (χ0) is 12.1. The molecule has 1 fully saturated rings. The van der Waals surface area contributed by atoms with Crippen LogP contribution in [0.2, 0.25) is 0 Å². The van der Waals surface area contributed by atoms with Crippen LogP contribution in [0.3, 0.4) is 0 Å². The normalized spacial score (nSPS) is 25.8. The molecule has 0 radical (unpaired) electrons. The molecular formula is C12H25N3O. The van der Waals surface area contributed by atoms with E-state index < -0.39 is 0 Å². The van der Waals surface area contributed by atoms with Gasteiger partial charge in [0.1, 0.15) is 0 Å². The minimum Gasteiger partial charge on any atom is -0.341 e. The van der Waals surface area contributed by atoms with Gasteiger partial charge in [-0.1, -0.05) is 13.8 Å². The largest absolute Gasteiger partial charge is 0.341 e. The molecule has 1 aliphatic heterocycles. The molecule has 0 bridgehead atoms. The van der Waals surface area contributed by atoms with Gasteiger partial charge in [-0.2, -0.15) is 0 Å².